The summed E-state index contributed by atoms with van der Waals surface area (Å²) in [5.41, 5.74) is -1.62. The number of carboxylic acid groups (broad SMARTS) is 1. The molecule has 1 aliphatic carbocycles. The van der Waals surface area contributed by atoms with Crippen molar-refractivity contribution >= 4 is 17.7 Å². The number of rotatable bonds is 4. The zero-order chi connectivity index (χ0) is 25.5. The topological polar surface area (TPSA) is 77.0 Å². The van der Waals surface area contributed by atoms with Gasteiger partial charge in [0.25, 0.3) is 0 Å². The zero-order valence-electron chi connectivity index (χ0n) is 20.5. The van der Waals surface area contributed by atoms with Crippen LogP contribution >= 0.6 is 0 Å². The molecule has 34 heavy (non-hydrogen) atoms. The lowest BCUT2D eigenvalue weighted by molar-refractivity contribution is -0.145. The highest BCUT2D eigenvalue weighted by Crippen LogP contribution is 2.48. The molecule has 1 aromatic heterocycles. The van der Waals surface area contributed by atoms with Gasteiger partial charge >= 0.3 is 12.3 Å². The number of hydrogen-bond donors (Lipinski definition) is 1. The van der Waals surface area contributed by atoms with Crippen LogP contribution in [0.25, 0.3) is 0 Å². The number of nitrogens with zero attached hydrogens (tertiary/aromatic N) is 4. The van der Waals surface area contributed by atoms with Gasteiger partial charge in [-0.1, -0.05) is 13.8 Å². The van der Waals surface area contributed by atoms with Crippen molar-refractivity contribution in [1.82, 2.24) is 14.8 Å². The highest BCUT2D eigenvalue weighted by molar-refractivity contribution is 5.84. The molecule has 2 amide bonds. The van der Waals surface area contributed by atoms with Gasteiger partial charge in [0, 0.05) is 44.0 Å². The minimum absolute atomic E-state index is 0.0195. The smallest absolute Gasteiger partial charge is 0.417 e. The summed E-state index contributed by atoms with van der Waals surface area (Å²) in [6.45, 7) is 11.2. The van der Waals surface area contributed by atoms with Gasteiger partial charge in [0.15, 0.2) is 0 Å². The standard InChI is InChI=1S/C24H35F3N4O3/c1-16(2)23(7-6-18(13-23)31(21(33)34)22(3,4)5)20(32)30-10-8-29(9-11-30)19-12-17(14-28-15-19)24(25,26)27/h12,14-16,18H,6-11,13H2,1-5H3,(H,33,34)/t18-,23?/m1/s1. The van der Waals surface area contributed by atoms with Crippen LogP contribution in [0.5, 0.6) is 0 Å². The second-order valence-electron chi connectivity index (χ2n) is 10.7. The number of anilines is 1. The highest BCUT2D eigenvalue weighted by Gasteiger charge is 2.52. The summed E-state index contributed by atoms with van der Waals surface area (Å²) in [4.78, 5) is 34.6. The molecule has 7 nitrogen and oxygen atoms in total. The normalized spacial score (nSPS) is 24.0. The Bertz CT molecular complexity index is 907. The van der Waals surface area contributed by atoms with E-state index in [0.717, 1.165) is 12.3 Å². The first-order valence-corrected chi connectivity index (χ1v) is 11.8. The van der Waals surface area contributed by atoms with Crippen molar-refractivity contribution in [3.05, 3.63) is 24.0 Å². The van der Waals surface area contributed by atoms with Crippen molar-refractivity contribution in [2.75, 3.05) is 31.1 Å². The summed E-state index contributed by atoms with van der Waals surface area (Å²) in [7, 11) is 0. The van der Waals surface area contributed by atoms with E-state index in [0.29, 0.717) is 51.1 Å². The van der Waals surface area contributed by atoms with Gasteiger partial charge in [0.2, 0.25) is 5.91 Å². The molecule has 0 bridgehead atoms. The minimum atomic E-state index is -4.46. The van der Waals surface area contributed by atoms with Crippen LogP contribution < -0.4 is 4.90 Å². The quantitative estimate of drug-likeness (QED) is 0.669. The van der Waals surface area contributed by atoms with Crippen LogP contribution in [0.3, 0.4) is 0 Å². The summed E-state index contributed by atoms with van der Waals surface area (Å²) >= 11 is 0. The number of amides is 2. The fourth-order valence-electron chi connectivity index (χ4n) is 5.46. The average molecular weight is 485 g/mol. The van der Waals surface area contributed by atoms with Crippen LogP contribution in [0, 0.1) is 11.3 Å². The first-order valence-electron chi connectivity index (χ1n) is 11.8. The molecule has 10 heteroatoms. The Labute approximate surface area is 198 Å². The second kappa shape index (κ2) is 9.26. The molecule has 1 saturated carbocycles. The maximum atomic E-state index is 13.8. The predicted molar refractivity (Wildman–Crippen MR) is 123 cm³/mol. The molecule has 0 radical (unpaired) electrons. The third-order valence-electron chi connectivity index (χ3n) is 7.33. The van der Waals surface area contributed by atoms with Gasteiger partial charge in [-0.15, -0.1) is 0 Å². The average Bonchev–Trinajstić information content (AvgIpc) is 3.17. The number of halogens is 3. The number of pyridine rings is 1. The molecule has 3 rings (SSSR count). The monoisotopic (exact) mass is 484 g/mol. The van der Waals surface area contributed by atoms with Gasteiger partial charge in [-0.05, 0) is 52.0 Å². The molecule has 1 saturated heterocycles. The lowest BCUT2D eigenvalue weighted by atomic mass is 9.74. The lowest BCUT2D eigenvalue weighted by Crippen LogP contribution is -2.55. The molecule has 2 fully saturated rings. The number of alkyl halides is 3. The first kappa shape index (κ1) is 26.1. The molecule has 190 valence electrons. The van der Waals surface area contributed by atoms with Crippen molar-refractivity contribution < 1.29 is 27.9 Å². The van der Waals surface area contributed by atoms with Gasteiger partial charge in [-0.3, -0.25) is 9.78 Å². The molecule has 2 atom stereocenters. The summed E-state index contributed by atoms with van der Waals surface area (Å²) in [6, 6.07) is 0.857. The number of piperazine rings is 1. The van der Waals surface area contributed by atoms with Crippen LogP contribution in [-0.4, -0.2) is 69.7 Å². The van der Waals surface area contributed by atoms with Gasteiger partial charge in [0.1, 0.15) is 0 Å². The zero-order valence-corrected chi connectivity index (χ0v) is 20.5. The van der Waals surface area contributed by atoms with Gasteiger partial charge in [0.05, 0.1) is 22.9 Å². The number of hydrogen-bond acceptors (Lipinski definition) is 4. The van der Waals surface area contributed by atoms with E-state index >= 15 is 0 Å². The molecule has 1 N–H and O–H groups in total. The van der Waals surface area contributed by atoms with E-state index in [4.69, 9.17) is 0 Å². The number of carbonyl (C=O) groups is 2. The van der Waals surface area contributed by atoms with E-state index in [1.807, 2.05) is 39.5 Å². The third kappa shape index (κ3) is 5.10. The molecular formula is C24H35F3N4O3. The molecule has 1 unspecified atom stereocenters. The van der Waals surface area contributed by atoms with Crippen LogP contribution in [0.15, 0.2) is 18.5 Å². The van der Waals surface area contributed by atoms with Gasteiger partial charge in [-0.25, -0.2) is 4.79 Å². The SMILES string of the molecule is CC(C)C1(C(=O)N2CCN(c3cncc(C(F)(F)F)c3)CC2)CC[C@@H](N(C(=O)O)C(C)(C)C)C1. The number of aromatic nitrogens is 1. The van der Waals surface area contributed by atoms with Gasteiger partial charge < -0.3 is 19.8 Å². The Kier molecular flexibility index (Phi) is 7.11. The Hall–Kier alpha value is -2.52. The van der Waals surface area contributed by atoms with Crippen LogP contribution in [0.4, 0.5) is 23.7 Å². The Morgan fingerprint density at radius 3 is 2.26 bits per heavy atom. The highest BCUT2D eigenvalue weighted by atomic mass is 19.4. The van der Waals surface area contributed by atoms with E-state index in [1.165, 1.54) is 11.1 Å². The maximum Gasteiger partial charge on any atom is 0.417 e. The predicted octanol–water partition coefficient (Wildman–Crippen LogP) is 4.72. The van der Waals surface area contributed by atoms with Crippen molar-refractivity contribution in [3.63, 3.8) is 0 Å². The Morgan fingerprint density at radius 1 is 1.15 bits per heavy atom. The third-order valence-corrected chi connectivity index (χ3v) is 7.33. The van der Waals surface area contributed by atoms with Crippen LogP contribution in [0.2, 0.25) is 0 Å². The minimum Gasteiger partial charge on any atom is -0.465 e. The van der Waals surface area contributed by atoms with E-state index < -0.39 is 28.8 Å². The summed E-state index contributed by atoms with van der Waals surface area (Å²) in [5.74, 6) is 0.0531. The number of carbonyl (C=O) groups excluding carboxylic acids is 1. The maximum absolute atomic E-state index is 13.8. The van der Waals surface area contributed by atoms with E-state index in [2.05, 4.69) is 4.98 Å². The Balaban J connectivity index is 1.72. The van der Waals surface area contributed by atoms with Crippen molar-refractivity contribution in [2.45, 2.75) is 71.6 Å². The molecule has 2 aliphatic rings. The molecule has 0 aromatic carbocycles. The summed E-state index contributed by atoms with van der Waals surface area (Å²) in [6.07, 6.45) is -1.49. The molecule has 1 aromatic rings. The summed E-state index contributed by atoms with van der Waals surface area (Å²) < 4.78 is 39.2. The van der Waals surface area contributed by atoms with Crippen LogP contribution in [0.1, 0.15) is 59.4 Å². The first-order chi connectivity index (χ1) is 15.7. The fourth-order valence-corrected chi connectivity index (χ4v) is 5.46. The lowest BCUT2D eigenvalue weighted by Gasteiger charge is -2.43. The van der Waals surface area contributed by atoms with Gasteiger partial charge in [-0.2, -0.15) is 13.2 Å². The molecular weight excluding hydrogens is 449 g/mol. The van der Waals surface area contributed by atoms with E-state index in [-0.39, 0.29) is 17.9 Å². The second-order valence-corrected chi connectivity index (χ2v) is 10.7. The van der Waals surface area contributed by atoms with E-state index in [9.17, 15) is 27.9 Å². The van der Waals surface area contributed by atoms with Crippen molar-refractivity contribution in [3.8, 4) is 0 Å². The van der Waals surface area contributed by atoms with Crippen LogP contribution in [-0.2, 0) is 11.0 Å². The van der Waals surface area contributed by atoms with Crippen molar-refractivity contribution in [2.24, 2.45) is 11.3 Å². The summed E-state index contributed by atoms with van der Waals surface area (Å²) in [5, 5.41) is 9.82. The van der Waals surface area contributed by atoms with Crippen molar-refractivity contribution in [1.29, 1.82) is 0 Å². The van der Waals surface area contributed by atoms with E-state index in [1.54, 1.807) is 4.90 Å². The largest absolute Gasteiger partial charge is 0.465 e. The fraction of sp³-hybridized carbons (Fsp3) is 0.708. The molecule has 1 aliphatic heterocycles. The molecule has 2 heterocycles. The Morgan fingerprint density at radius 2 is 1.76 bits per heavy atom. The molecule has 0 spiro atoms.